The summed E-state index contributed by atoms with van der Waals surface area (Å²) in [5, 5.41) is 15.6. The zero-order valence-corrected chi connectivity index (χ0v) is 12.0. The van der Waals surface area contributed by atoms with Crippen LogP contribution in [0.5, 0.6) is 0 Å². The van der Waals surface area contributed by atoms with Gasteiger partial charge >= 0.3 is 0 Å². The highest BCUT2D eigenvalue weighted by Crippen LogP contribution is 2.09. The molecule has 1 aromatic rings. The second-order valence-electron chi connectivity index (χ2n) is 4.43. The van der Waals surface area contributed by atoms with Crippen LogP contribution in [-0.4, -0.2) is 58.4 Å². The Bertz CT molecular complexity index is 483. The number of hydrogen-bond donors (Lipinski definition) is 2. The molecule has 112 valence electrons. The first-order valence-electron chi connectivity index (χ1n) is 6.24. The molecule has 0 spiro atoms. The third kappa shape index (κ3) is 4.23. The Balaban J connectivity index is 2.81. The molecule has 0 aliphatic carbocycles. The van der Waals surface area contributed by atoms with Crippen LogP contribution < -0.4 is 5.73 Å². The molecule has 0 saturated carbocycles. The van der Waals surface area contributed by atoms with E-state index in [-0.39, 0.29) is 11.7 Å². The van der Waals surface area contributed by atoms with Crippen LogP contribution in [0.25, 0.3) is 0 Å². The maximum atomic E-state index is 12.5. The average molecular weight is 283 g/mol. The van der Waals surface area contributed by atoms with E-state index in [4.69, 9.17) is 15.7 Å². The van der Waals surface area contributed by atoms with E-state index in [0.717, 1.165) is 0 Å². The van der Waals surface area contributed by atoms with Crippen LogP contribution >= 0.6 is 0 Å². The molecule has 3 N–H and O–H groups in total. The summed E-state index contributed by atoms with van der Waals surface area (Å²) < 4.78 is 6.60. The number of methoxy groups -OCH3 is 1. The van der Waals surface area contributed by atoms with E-state index >= 15 is 0 Å². The van der Waals surface area contributed by atoms with Gasteiger partial charge in [-0.3, -0.25) is 9.48 Å². The normalized spacial score (nSPS) is 11.7. The third-order valence-electron chi connectivity index (χ3n) is 2.86. The Morgan fingerprint density at radius 3 is 2.80 bits per heavy atom. The SMILES string of the molecule is COCCN(CCC(N)=NO)C(=O)c1cn(C)nc1C. The van der Waals surface area contributed by atoms with Crippen molar-refractivity contribution in [3.63, 3.8) is 0 Å². The van der Waals surface area contributed by atoms with Crippen LogP contribution in [-0.2, 0) is 11.8 Å². The highest BCUT2D eigenvalue weighted by molar-refractivity contribution is 5.95. The predicted octanol–water partition coefficient (Wildman–Crippen LogP) is -0.0464. The number of aromatic nitrogens is 2. The summed E-state index contributed by atoms with van der Waals surface area (Å²) >= 11 is 0. The fourth-order valence-electron chi connectivity index (χ4n) is 1.80. The number of ether oxygens (including phenoxy) is 1. The van der Waals surface area contributed by atoms with Crippen LogP contribution in [0.2, 0.25) is 0 Å². The van der Waals surface area contributed by atoms with Gasteiger partial charge in [0, 0.05) is 39.9 Å². The van der Waals surface area contributed by atoms with Gasteiger partial charge in [-0.15, -0.1) is 0 Å². The van der Waals surface area contributed by atoms with Gasteiger partial charge in [0.15, 0.2) is 0 Å². The maximum Gasteiger partial charge on any atom is 0.257 e. The molecular formula is C12H21N5O3. The summed E-state index contributed by atoms with van der Waals surface area (Å²) in [6, 6.07) is 0. The van der Waals surface area contributed by atoms with Crippen molar-refractivity contribution < 1.29 is 14.7 Å². The topological polar surface area (TPSA) is 106 Å². The lowest BCUT2D eigenvalue weighted by molar-refractivity contribution is 0.0700. The molecule has 20 heavy (non-hydrogen) atoms. The number of carbonyl (C=O) groups is 1. The highest BCUT2D eigenvalue weighted by Gasteiger charge is 2.19. The second kappa shape index (κ2) is 7.49. The molecule has 0 aliphatic heterocycles. The van der Waals surface area contributed by atoms with Gasteiger partial charge in [-0.25, -0.2) is 0 Å². The van der Waals surface area contributed by atoms with E-state index in [2.05, 4.69) is 10.3 Å². The number of oxime groups is 1. The largest absolute Gasteiger partial charge is 0.409 e. The zero-order chi connectivity index (χ0) is 15.1. The smallest absolute Gasteiger partial charge is 0.257 e. The van der Waals surface area contributed by atoms with Gasteiger partial charge < -0.3 is 20.6 Å². The first kappa shape index (κ1) is 16.0. The van der Waals surface area contributed by atoms with Crippen molar-refractivity contribution >= 4 is 11.7 Å². The fraction of sp³-hybridized carbons (Fsp3) is 0.583. The molecule has 1 heterocycles. The lowest BCUT2D eigenvalue weighted by atomic mass is 10.2. The summed E-state index contributed by atoms with van der Waals surface area (Å²) in [7, 11) is 3.33. The number of amidine groups is 1. The summed E-state index contributed by atoms with van der Waals surface area (Å²) in [5.41, 5.74) is 6.65. The summed E-state index contributed by atoms with van der Waals surface area (Å²) in [4.78, 5) is 14.1. The number of carbonyl (C=O) groups excluding carboxylic acids is 1. The molecule has 0 fully saturated rings. The van der Waals surface area contributed by atoms with Crippen LogP contribution in [0.4, 0.5) is 0 Å². The van der Waals surface area contributed by atoms with E-state index < -0.39 is 0 Å². The fourth-order valence-corrected chi connectivity index (χ4v) is 1.80. The minimum Gasteiger partial charge on any atom is -0.409 e. The Morgan fingerprint density at radius 2 is 2.30 bits per heavy atom. The molecule has 0 bridgehead atoms. The van der Waals surface area contributed by atoms with E-state index in [9.17, 15) is 4.79 Å². The van der Waals surface area contributed by atoms with Crippen molar-refractivity contribution in [3.05, 3.63) is 17.5 Å². The van der Waals surface area contributed by atoms with Crippen LogP contribution in [0.15, 0.2) is 11.4 Å². The Kier molecular flexibility index (Phi) is 5.98. The molecule has 1 aromatic heterocycles. The number of amides is 1. The first-order valence-corrected chi connectivity index (χ1v) is 6.24. The van der Waals surface area contributed by atoms with Gasteiger partial charge in [0.1, 0.15) is 5.84 Å². The number of rotatable bonds is 7. The number of nitrogens with two attached hydrogens (primary N) is 1. The predicted molar refractivity (Wildman–Crippen MR) is 73.8 cm³/mol. The van der Waals surface area contributed by atoms with Crippen molar-refractivity contribution in [1.82, 2.24) is 14.7 Å². The molecule has 0 aliphatic rings. The zero-order valence-electron chi connectivity index (χ0n) is 12.0. The van der Waals surface area contributed by atoms with Crippen molar-refractivity contribution in [2.75, 3.05) is 26.8 Å². The molecule has 8 heteroatoms. The van der Waals surface area contributed by atoms with Crippen molar-refractivity contribution in [3.8, 4) is 0 Å². The van der Waals surface area contributed by atoms with Crippen LogP contribution in [0.3, 0.4) is 0 Å². The summed E-state index contributed by atoms with van der Waals surface area (Å²) in [5.74, 6) is -0.0542. The van der Waals surface area contributed by atoms with Gasteiger partial charge in [0.05, 0.1) is 17.9 Å². The lowest BCUT2D eigenvalue weighted by Crippen LogP contribution is -2.36. The monoisotopic (exact) mass is 283 g/mol. The number of aryl methyl sites for hydroxylation is 2. The first-order chi connectivity index (χ1) is 9.49. The van der Waals surface area contributed by atoms with Gasteiger partial charge in [0.25, 0.3) is 5.91 Å². The molecule has 8 nitrogen and oxygen atoms in total. The highest BCUT2D eigenvalue weighted by atomic mass is 16.5. The molecule has 1 amide bonds. The molecule has 0 unspecified atom stereocenters. The molecule has 0 saturated heterocycles. The van der Waals surface area contributed by atoms with Crippen molar-refractivity contribution in [1.29, 1.82) is 0 Å². The van der Waals surface area contributed by atoms with E-state index in [0.29, 0.717) is 37.4 Å². The third-order valence-corrected chi connectivity index (χ3v) is 2.86. The van der Waals surface area contributed by atoms with Crippen molar-refractivity contribution in [2.24, 2.45) is 17.9 Å². The lowest BCUT2D eigenvalue weighted by Gasteiger charge is -2.21. The summed E-state index contributed by atoms with van der Waals surface area (Å²) in [6.45, 7) is 2.99. The maximum absolute atomic E-state index is 12.5. The molecular weight excluding hydrogens is 262 g/mol. The number of nitrogens with zero attached hydrogens (tertiary/aromatic N) is 4. The molecule has 1 rings (SSSR count). The Morgan fingerprint density at radius 1 is 1.60 bits per heavy atom. The minimum absolute atomic E-state index is 0.0862. The molecule has 0 radical (unpaired) electrons. The van der Waals surface area contributed by atoms with Crippen molar-refractivity contribution in [2.45, 2.75) is 13.3 Å². The van der Waals surface area contributed by atoms with Gasteiger partial charge in [-0.05, 0) is 6.92 Å². The second-order valence-corrected chi connectivity index (χ2v) is 4.43. The van der Waals surface area contributed by atoms with Crippen LogP contribution in [0.1, 0.15) is 22.5 Å². The Labute approximate surface area is 117 Å². The van der Waals surface area contributed by atoms with E-state index in [1.807, 2.05) is 0 Å². The number of hydrogen-bond acceptors (Lipinski definition) is 5. The molecule has 0 atom stereocenters. The summed E-state index contributed by atoms with van der Waals surface area (Å²) in [6.07, 6.45) is 1.98. The molecule has 0 aromatic carbocycles. The van der Waals surface area contributed by atoms with E-state index in [1.54, 1.807) is 36.9 Å². The standard InChI is InChI=1S/C12H21N5O3/c1-9-10(8-16(2)14-9)12(18)17(6-7-20-3)5-4-11(13)15-19/h8,19H,4-7H2,1-3H3,(H2,13,15). The van der Waals surface area contributed by atoms with E-state index in [1.165, 1.54) is 0 Å². The minimum atomic E-state index is -0.140. The quantitative estimate of drug-likeness (QED) is 0.316. The average Bonchev–Trinajstić information content (AvgIpc) is 2.76. The Hall–Kier alpha value is -2.09. The van der Waals surface area contributed by atoms with Crippen LogP contribution in [0, 0.1) is 6.92 Å². The van der Waals surface area contributed by atoms with Gasteiger partial charge in [-0.2, -0.15) is 5.10 Å². The van der Waals surface area contributed by atoms with Gasteiger partial charge in [-0.1, -0.05) is 5.16 Å². The van der Waals surface area contributed by atoms with Gasteiger partial charge in [0.2, 0.25) is 0 Å².